The standard InChI is InChI=1S/C20H31N3O4/c1-20(2,3)27-19(25)23-14-12-22(13-15-23)11-7-10-21-18(24)16-8-5-6-9-17(16)26-4/h5-6,8-9H,7,10-15H2,1-4H3,(H,21,24). The van der Waals surface area contributed by atoms with E-state index in [1.165, 1.54) is 0 Å². The highest BCUT2D eigenvalue weighted by molar-refractivity contribution is 5.96. The lowest BCUT2D eigenvalue weighted by molar-refractivity contribution is 0.0144. The van der Waals surface area contributed by atoms with Gasteiger partial charge in [0.25, 0.3) is 5.91 Å². The highest BCUT2D eigenvalue weighted by Crippen LogP contribution is 2.16. The number of hydrogen-bond acceptors (Lipinski definition) is 5. The Morgan fingerprint density at radius 3 is 2.41 bits per heavy atom. The van der Waals surface area contributed by atoms with Crippen molar-refractivity contribution in [2.24, 2.45) is 0 Å². The van der Waals surface area contributed by atoms with Crippen LogP contribution in [0.1, 0.15) is 37.6 Å². The van der Waals surface area contributed by atoms with Gasteiger partial charge in [0.1, 0.15) is 11.4 Å². The van der Waals surface area contributed by atoms with Crippen molar-refractivity contribution in [1.29, 1.82) is 0 Å². The number of nitrogens with zero attached hydrogens (tertiary/aromatic N) is 2. The number of rotatable bonds is 6. The Hall–Kier alpha value is -2.28. The van der Waals surface area contributed by atoms with Crippen molar-refractivity contribution in [3.8, 4) is 5.75 Å². The van der Waals surface area contributed by atoms with Gasteiger partial charge in [0, 0.05) is 32.7 Å². The smallest absolute Gasteiger partial charge is 0.410 e. The van der Waals surface area contributed by atoms with Gasteiger partial charge in [0.2, 0.25) is 0 Å². The van der Waals surface area contributed by atoms with Gasteiger partial charge in [0.05, 0.1) is 12.7 Å². The number of methoxy groups -OCH3 is 1. The van der Waals surface area contributed by atoms with Crippen molar-refractivity contribution in [3.05, 3.63) is 29.8 Å². The molecule has 150 valence electrons. The average molecular weight is 377 g/mol. The van der Waals surface area contributed by atoms with E-state index >= 15 is 0 Å². The molecule has 1 heterocycles. The summed E-state index contributed by atoms with van der Waals surface area (Å²) in [6.45, 7) is 10.1. The van der Waals surface area contributed by atoms with Gasteiger partial charge in [-0.3, -0.25) is 9.69 Å². The molecule has 1 aliphatic rings. The lowest BCUT2D eigenvalue weighted by atomic mass is 10.2. The van der Waals surface area contributed by atoms with Crippen molar-refractivity contribution in [2.45, 2.75) is 32.8 Å². The van der Waals surface area contributed by atoms with E-state index in [0.29, 0.717) is 30.9 Å². The van der Waals surface area contributed by atoms with Crippen molar-refractivity contribution in [2.75, 3.05) is 46.4 Å². The fraction of sp³-hybridized carbons (Fsp3) is 0.600. The Labute approximate surface area is 161 Å². The summed E-state index contributed by atoms with van der Waals surface area (Å²) in [4.78, 5) is 28.4. The largest absolute Gasteiger partial charge is 0.496 e. The molecule has 0 bridgehead atoms. The van der Waals surface area contributed by atoms with Crippen LogP contribution in [0.3, 0.4) is 0 Å². The first-order valence-corrected chi connectivity index (χ1v) is 9.41. The summed E-state index contributed by atoms with van der Waals surface area (Å²) >= 11 is 0. The van der Waals surface area contributed by atoms with E-state index in [-0.39, 0.29) is 12.0 Å². The van der Waals surface area contributed by atoms with Crippen molar-refractivity contribution in [3.63, 3.8) is 0 Å². The molecule has 7 nitrogen and oxygen atoms in total. The minimum Gasteiger partial charge on any atom is -0.496 e. The van der Waals surface area contributed by atoms with Crippen LogP contribution in [-0.2, 0) is 4.74 Å². The number of hydrogen-bond donors (Lipinski definition) is 1. The second-order valence-corrected chi connectivity index (χ2v) is 7.62. The number of benzene rings is 1. The first-order chi connectivity index (χ1) is 12.8. The number of para-hydroxylation sites is 1. The molecule has 0 saturated carbocycles. The zero-order valence-corrected chi connectivity index (χ0v) is 16.8. The highest BCUT2D eigenvalue weighted by atomic mass is 16.6. The molecule has 0 atom stereocenters. The lowest BCUT2D eigenvalue weighted by Gasteiger charge is -2.35. The Bertz CT molecular complexity index is 634. The van der Waals surface area contributed by atoms with E-state index in [1.54, 1.807) is 24.1 Å². The van der Waals surface area contributed by atoms with Crippen LogP contribution in [0.15, 0.2) is 24.3 Å². The van der Waals surface area contributed by atoms with Gasteiger partial charge in [-0.05, 0) is 45.9 Å². The first kappa shape index (κ1) is 21.0. The zero-order chi connectivity index (χ0) is 19.9. The van der Waals surface area contributed by atoms with Crippen molar-refractivity contribution in [1.82, 2.24) is 15.1 Å². The third kappa shape index (κ3) is 6.75. The quantitative estimate of drug-likeness (QED) is 0.771. The Balaban J connectivity index is 1.66. The predicted molar refractivity (Wildman–Crippen MR) is 104 cm³/mol. The molecule has 7 heteroatoms. The summed E-state index contributed by atoms with van der Waals surface area (Å²) < 4.78 is 10.6. The van der Waals surface area contributed by atoms with Gasteiger partial charge in [-0.1, -0.05) is 12.1 Å². The second-order valence-electron chi connectivity index (χ2n) is 7.62. The molecule has 0 spiro atoms. The van der Waals surface area contributed by atoms with Gasteiger partial charge in [0.15, 0.2) is 0 Å². The highest BCUT2D eigenvalue weighted by Gasteiger charge is 2.25. The molecular weight excluding hydrogens is 346 g/mol. The molecule has 1 aliphatic heterocycles. The molecule has 1 fully saturated rings. The Morgan fingerprint density at radius 2 is 1.78 bits per heavy atom. The molecule has 2 amide bonds. The van der Waals surface area contributed by atoms with Crippen molar-refractivity contribution < 1.29 is 19.1 Å². The summed E-state index contributed by atoms with van der Waals surface area (Å²) in [6, 6.07) is 7.19. The van der Waals surface area contributed by atoms with Gasteiger partial charge < -0.3 is 19.7 Å². The third-order valence-electron chi connectivity index (χ3n) is 4.31. The molecule has 1 saturated heterocycles. The van der Waals surface area contributed by atoms with E-state index in [4.69, 9.17) is 9.47 Å². The number of carbonyl (C=O) groups is 2. The number of ether oxygens (including phenoxy) is 2. The third-order valence-corrected chi connectivity index (χ3v) is 4.31. The van der Waals surface area contributed by atoms with Gasteiger partial charge in [-0.2, -0.15) is 0 Å². The van der Waals surface area contributed by atoms with Crippen LogP contribution in [-0.4, -0.2) is 73.8 Å². The summed E-state index contributed by atoms with van der Waals surface area (Å²) in [7, 11) is 1.56. The van der Waals surface area contributed by atoms with Crippen LogP contribution in [0.25, 0.3) is 0 Å². The fourth-order valence-electron chi connectivity index (χ4n) is 2.91. The molecule has 0 radical (unpaired) electrons. The summed E-state index contributed by atoms with van der Waals surface area (Å²) in [6.07, 6.45) is 0.610. The lowest BCUT2D eigenvalue weighted by Crippen LogP contribution is -2.50. The minimum absolute atomic E-state index is 0.123. The fourth-order valence-corrected chi connectivity index (χ4v) is 2.91. The predicted octanol–water partition coefficient (Wildman–Crippen LogP) is 2.37. The van der Waals surface area contributed by atoms with Crippen LogP contribution in [0.4, 0.5) is 4.79 Å². The molecule has 0 aliphatic carbocycles. The van der Waals surface area contributed by atoms with E-state index in [0.717, 1.165) is 26.1 Å². The topological polar surface area (TPSA) is 71.1 Å². The molecule has 1 aromatic rings. The Morgan fingerprint density at radius 1 is 1.11 bits per heavy atom. The maximum absolute atomic E-state index is 12.2. The molecule has 2 rings (SSSR count). The SMILES string of the molecule is COc1ccccc1C(=O)NCCCN1CCN(C(=O)OC(C)(C)C)CC1. The monoisotopic (exact) mass is 377 g/mol. The van der Waals surface area contributed by atoms with Crippen LogP contribution in [0.2, 0.25) is 0 Å². The van der Waals surface area contributed by atoms with E-state index in [1.807, 2.05) is 32.9 Å². The van der Waals surface area contributed by atoms with E-state index < -0.39 is 5.60 Å². The van der Waals surface area contributed by atoms with Gasteiger partial charge >= 0.3 is 6.09 Å². The van der Waals surface area contributed by atoms with Gasteiger partial charge in [-0.25, -0.2) is 4.79 Å². The molecule has 0 unspecified atom stereocenters. The van der Waals surface area contributed by atoms with Crippen LogP contribution >= 0.6 is 0 Å². The van der Waals surface area contributed by atoms with Crippen LogP contribution in [0, 0.1) is 0 Å². The first-order valence-electron chi connectivity index (χ1n) is 9.41. The van der Waals surface area contributed by atoms with Crippen LogP contribution < -0.4 is 10.1 Å². The maximum Gasteiger partial charge on any atom is 0.410 e. The molecular formula is C20H31N3O4. The normalized spacial score (nSPS) is 15.3. The van der Waals surface area contributed by atoms with Crippen LogP contribution in [0.5, 0.6) is 5.75 Å². The summed E-state index contributed by atoms with van der Waals surface area (Å²) in [5.41, 5.74) is 0.0828. The average Bonchev–Trinajstić information content (AvgIpc) is 2.64. The minimum atomic E-state index is -0.464. The molecule has 1 aromatic carbocycles. The van der Waals surface area contributed by atoms with Crippen molar-refractivity contribution >= 4 is 12.0 Å². The molecule has 1 N–H and O–H groups in total. The summed E-state index contributed by atoms with van der Waals surface area (Å²) in [5, 5.41) is 2.94. The zero-order valence-electron chi connectivity index (χ0n) is 16.8. The van der Waals surface area contributed by atoms with Gasteiger partial charge in [-0.15, -0.1) is 0 Å². The Kier molecular flexibility index (Phi) is 7.47. The van der Waals surface area contributed by atoms with E-state index in [9.17, 15) is 9.59 Å². The maximum atomic E-state index is 12.2. The number of nitrogens with one attached hydrogen (secondary N) is 1. The number of piperazine rings is 1. The number of amides is 2. The second kappa shape index (κ2) is 9.60. The number of carbonyl (C=O) groups excluding carboxylic acids is 2. The van der Waals surface area contributed by atoms with E-state index in [2.05, 4.69) is 10.2 Å². The molecule has 27 heavy (non-hydrogen) atoms. The molecule has 0 aromatic heterocycles. The summed E-state index contributed by atoms with van der Waals surface area (Å²) in [5.74, 6) is 0.454.